The first-order valence-electron chi connectivity index (χ1n) is 16.6. The average molecular weight is 649 g/mol. The first kappa shape index (κ1) is 32.1. The fourth-order valence-electron chi connectivity index (χ4n) is 7.20. The summed E-state index contributed by atoms with van der Waals surface area (Å²) in [5.74, 6) is 0.465. The van der Waals surface area contributed by atoms with E-state index in [1.54, 1.807) is 11.0 Å². The Morgan fingerprint density at radius 3 is 2.28 bits per heavy atom. The predicted molar refractivity (Wildman–Crippen MR) is 180 cm³/mol. The van der Waals surface area contributed by atoms with Crippen LogP contribution in [0.4, 0.5) is 10.5 Å². The monoisotopic (exact) mass is 648 g/mol. The highest BCUT2D eigenvalue weighted by atomic mass is 35.5. The molecule has 3 aromatic rings. The Balaban J connectivity index is 1.11. The number of amides is 3. The van der Waals surface area contributed by atoms with Crippen LogP contribution in [0.1, 0.15) is 62.1 Å². The van der Waals surface area contributed by atoms with Gasteiger partial charge in [-0.05, 0) is 75.7 Å². The number of aryl methyl sites for hydroxylation is 1. The molecule has 46 heavy (non-hydrogen) atoms. The first-order valence-corrected chi connectivity index (χ1v) is 17.0. The Bertz CT molecular complexity index is 1550. The van der Waals surface area contributed by atoms with Crippen LogP contribution in [0.25, 0.3) is 11.4 Å². The molecule has 11 nitrogen and oxygen atoms in total. The maximum Gasteiger partial charge on any atom is 0.343 e. The summed E-state index contributed by atoms with van der Waals surface area (Å²) in [5, 5.41) is 8.07. The molecule has 0 aliphatic carbocycles. The van der Waals surface area contributed by atoms with Crippen molar-refractivity contribution in [3.8, 4) is 11.4 Å². The van der Waals surface area contributed by atoms with Crippen molar-refractivity contribution < 1.29 is 9.59 Å². The van der Waals surface area contributed by atoms with Gasteiger partial charge in [-0.25, -0.2) is 14.3 Å². The van der Waals surface area contributed by atoms with Crippen molar-refractivity contribution in [1.29, 1.82) is 0 Å². The zero-order chi connectivity index (χ0) is 32.2. The van der Waals surface area contributed by atoms with Gasteiger partial charge in [0.15, 0.2) is 5.82 Å². The number of nitrogen functional groups attached to an aromatic ring is 1. The van der Waals surface area contributed by atoms with Crippen molar-refractivity contribution in [2.24, 2.45) is 0 Å². The summed E-state index contributed by atoms with van der Waals surface area (Å²) in [7, 11) is 0. The Morgan fingerprint density at radius 2 is 1.61 bits per heavy atom. The number of rotatable bonds is 7. The lowest BCUT2D eigenvalue weighted by Gasteiger charge is -2.41. The number of hydrogen-bond donors (Lipinski definition) is 3. The lowest BCUT2D eigenvalue weighted by molar-refractivity contribution is -0.134. The number of aromatic nitrogens is 3. The smallest absolute Gasteiger partial charge is 0.343 e. The second-order valence-corrected chi connectivity index (χ2v) is 13.4. The minimum Gasteiger partial charge on any atom is -0.397 e. The van der Waals surface area contributed by atoms with E-state index in [2.05, 4.69) is 20.3 Å². The van der Waals surface area contributed by atoms with E-state index < -0.39 is 6.04 Å². The number of urea groups is 1. The van der Waals surface area contributed by atoms with Crippen LogP contribution in [-0.4, -0.2) is 92.8 Å². The lowest BCUT2D eigenvalue weighted by Crippen LogP contribution is -2.56. The van der Waals surface area contributed by atoms with Crippen molar-refractivity contribution in [3.05, 3.63) is 69.1 Å². The fraction of sp³-hybridized carbons (Fsp3) is 0.529. The van der Waals surface area contributed by atoms with Gasteiger partial charge in [0.05, 0.1) is 16.8 Å². The van der Waals surface area contributed by atoms with Crippen molar-refractivity contribution in [2.75, 3.05) is 45.0 Å². The SMILES string of the molecule is Cc1cc(C[C@@H](NC(=O)N2CCC(n3nc(-c4ccccc4)[nH]c3=O)CC2)C(=O)N2CCC(N3CCCCC3)CC2)cc(Cl)c1N. The molecular formula is C34H45ClN8O3. The molecule has 3 aliphatic rings. The minimum absolute atomic E-state index is 0.0672. The molecule has 6 rings (SSSR count). The Labute approximate surface area is 275 Å². The van der Waals surface area contributed by atoms with Crippen LogP contribution in [0.2, 0.25) is 5.02 Å². The Hall–Kier alpha value is -3.83. The number of nitrogens with zero attached hydrogens (tertiary/aromatic N) is 5. The summed E-state index contributed by atoms with van der Waals surface area (Å²) in [6, 6.07) is 12.6. The van der Waals surface area contributed by atoms with Crippen molar-refractivity contribution >= 4 is 29.2 Å². The van der Waals surface area contributed by atoms with Crippen LogP contribution in [0.3, 0.4) is 0 Å². The van der Waals surface area contributed by atoms with Crippen LogP contribution in [0, 0.1) is 6.92 Å². The van der Waals surface area contributed by atoms with Crippen LogP contribution >= 0.6 is 11.6 Å². The van der Waals surface area contributed by atoms with Crippen LogP contribution < -0.4 is 16.7 Å². The molecule has 2 aromatic carbocycles. The molecule has 0 bridgehead atoms. The maximum atomic E-state index is 14.0. The molecule has 3 fully saturated rings. The second kappa shape index (κ2) is 14.3. The van der Waals surface area contributed by atoms with Gasteiger partial charge in [-0.2, -0.15) is 0 Å². The molecule has 1 aromatic heterocycles. The molecule has 0 saturated carbocycles. The van der Waals surface area contributed by atoms with Crippen LogP contribution in [0.5, 0.6) is 0 Å². The first-order chi connectivity index (χ1) is 22.3. The third-order valence-corrected chi connectivity index (χ3v) is 10.2. The number of halogens is 1. The zero-order valence-corrected chi connectivity index (χ0v) is 27.3. The van der Waals surface area contributed by atoms with Crippen LogP contribution in [-0.2, 0) is 11.2 Å². The standard InChI is InChI=1S/C34H45ClN8O3/c1-23-20-24(21-28(35)30(23)36)22-29(32(44)41-16-10-26(11-17-41)40-14-6-3-7-15-40)37-33(45)42-18-12-27(13-19-42)43-34(46)38-31(39-43)25-8-4-2-5-9-25/h2,4-5,8-9,20-21,26-27,29H,3,6-7,10-19,22,36H2,1H3,(H,37,45)(H,38,39,46)/t29-/m1/s1. The van der Waals surface area contributed by atoms with Gasteiger partial charge in [-0.1, -0.05) is 54.4 Å². The van der Waals surface area contributed by atoms with E-state index in [0.717, 1.165) is 42.6 Å². The summed E-state index contributed by atoms with van der Waals surface area (Å²) in [4.78, 5) is 49.5. The van der Waals surface area contributed by atoms with Gasteiger partial charge in [0.25, 0.3) is 0 Å². The van der Waals surface area contributed by atoms with Gasteiger partial charge >= 0.3 is 11.7 Å². The summed E-state index contributed by atoms with van der Waals surface area (Å²) in [6.45, 7) is 6.45. The topological polar surface area (TPSA) is 133 Å². The molecule has 3 amide bonds. The van der Waals surface area contributed by atoms with Crippen molar-refractivity contribution in [1.82, 2.24) is 34.8 Å². The summed E-state index contributed by atoms with van der Waals surface area (Å²) >= 11 is 6.41. The lowest BCUT2D eigenvalue weighted by atomic mass is 9.97. The molecule has 3 saturated heterocycles. The molecule has 0 spiro atoms. The van der Waals surface area contributed by atoms with E-state index in [-0.39, 0.29) is 23.7 Å². The summed E-state index contributed by atoms with van der Waals surface area (Å²) in [6.07, 6.45) is 7.19. The third kappa shape index (κ3) is 7.25. The molecule has 246 valence electrons. The minimum atomic E-state index is -0.738. The Kier molecular flexibility index (Phi) is 9.98. The molecule has 4 heterocycles. The highest BCUT2D eigenvalue weighted by Gasteiger charge is 2.34. The molecule has 4 N–H and O–H groups in total. The average Bonchev–Trinajstić information content (AvgIpc) is 3.48. The van der Waals surface area contributed by atoms with E-state index in [1.165, 1.54) is 23.9 Å². The van der Waals surface area contributed by atoms with Gasteiger partial charge < -0.3 is 25.8 Å². The van der Waals surface area contributed by atoms with E-state index in [9.17, 15) is 14.4 Å². The third-order valence-electron chi connectivity index (χ3n) is 9.90. The van der Waals surface area contributed by atoms with Crippen molar-refractivity contribution in [3.63, 3.8) is 0 Å². The highest BCUT2D eigenvalue weighted by Crippen LogP contribution is 2.27. The largest absolute Gasteiger partial charge is 0.397 e. The molecule has 0 radical (unpaired) electrons. The number of anilines is 1. The number of benzene rings is 2. The highest BCUT2D eigenvalue weighted by molar-refractivity contribution is 6.33. The number of nitrogens with two attached hydrogens (primary N) is 1. The number of carbonyl (C=O) groups excluding carboxylic acids is 2. The number of likely N-dealkylation sites (tertiary alicyclic amines) is 3. The number of hydrogen-bond acceptors (Lipinski definition) is 6. The number of piperidine rings is 3. The maximum absolute atomic E-state index is 14.0. The number of aromatic amines is 1. The molecule has 12 heteroatoms. The zero-order valence-electron chi connectivity index (χ0n) is 26.6. The fourth-order valence-corrected chi connectivity index (χ4v) is 7.49. The molecule has 0 unspecified atom stereocenters. The molecular weight excluding hydrogens is 604 g/mol. The van der Waals surface area contributed by atoms with Gasteiger partial charge in [0, 0.05) is 44.2 Å². The summed E-state index contributed by atoms with van der Waals surface area (Å²) < 4.78 is 1.50. The number of H-pyrrole nitrogens is 1. The van der Waals surface area contributed by atoms with E-state index in [4.69, 9.17) is 17.3 Å². The van der Waals surface area contributed by atoms with Crippen LogP contribution in [0.15, 0.2) is 47.3 Å². The van der Waals surface area contributed by atoms with Gasteiger partial charge in [0.2, 0.25) is 5.91 Å². The summed E-state index contributed by atoms with van der Waals surface area (Å²) in [5.41, 5.74) is 8.89. The number of nitrogens with one attached hydrogen (secondary N) is 2. The second-order valence-electron chi connectivity index (χ2n) is 13.0. The van der Waals surface area contributed by atoms with Gasteiger partial charge in [-0.3, -0.25) is 9.78 Å². The van der Waals surface area contributed by atoms with Crippen molar-refractivity contribution in [2.45, 2.75) is 76.4 Å². The van der Waals surface area contributed by atoms with E-state index >= 15 is 0 Å². The van der Waals surface area contributed by atoms with Gasteiger partial charge in [0.1, 0.15) is 6.04 Å². The molecule has 1 atom stereocenters. The predicted octanol–water partition coefficient (Wildman–Crippen LogP) is 4.22. The number of carbonyl (C=O) groups is 2. The van der Waals surface area contributed by atoms with E-state index in [1.807, 2.05) is 48.2 Å². The Morgan fingerprint density at radius 1 is 0.957 bits per heavy atom. The van der Waals surface area contributed by atoms with E-state index in [0.29, 0.717) is 68.0 Å². The molecule has 3 aliphatic heterocycles. The normalized spacial score (nSPS) is 19.3. The van der Waals surface area contributed by atoms with Gasteiger partial charge in [-0.15, -0.1) is 5.10 Å². The quantitative estimate of drug-likeness (QED) is 0.329.